The number of fused-ring (bicyclic) bond motifs is 1. The van der Waals surface area contributed by atoms with E-state index in [0.29, 0.717) is 17.1 Å². The van der Waals surface area contributed by atoms with Gasteiger partial charge < -0.3 is 4.57 Å². The Morgan fingerprint density at radius 2 is 2.20 bits per heavy atom. The molecule has 0 unspecified atom stereocenters. The highest BCUT2D eigenvalue weighted by Crippen LogP contribution is 2.23. The van der Waals surface area contributed by atoms with Crippen molar-refractivity contribution in [1.29, 1.82) is 5.26 Å². The molecule has 98 valence electrons. The first-order valence-corrected chi connectivity index (χ1v) is 6.19. The summed E-state index contributed by atoms with van der Waals surface area (Å²) in [6.45, 7) is 2.73. The van der Waals surface area contributed by atoms with Gasteiger partial charge in [-0.3, -0.25) is 4.79 Å². The minimum atomic E-state index is -0.250. The fourth-order valence-electron chi connectivity index (χ4n) is 2.18. The second-order valence-electron chi connectivity index (χ2n) is 4.30. The number of aryl methyl sites for hydroxylation is 1. The molecular weight excluding hydrogens is 254 g/mol. The van der Waals surface area contributed by atoms with Gasteiger partial charge in [0.1, 0.15) is 5.69 Å². The standard InChI is InChI=1S/C14H11N5O/c1-2-19-12-5-3-9(8-15)7-11(12)16-14(19)10-4-6-13(20)18-17-10/h3-7H,2H2,1H3,(H,18,20). The molecule has 0 atom stereocenters. The number of H-pyrrole nitrogens is 1. The Kier molecular flexibility index (Phi) is 2.80. The molecule has 0 saturated heterocycles. The van der Waals surface area contributed by atoms with Gasteiger partial charge in [-0.2, -0.15) is 10.4 Å². The molecular formula is C14H11N5O. The van der Waals surface area contributed by atoms with Gasteiger partial charge in [-0.15, -0.1) is 0 Å². The van der Waals surface area contributed by atoms with Crippen molar-refractivity contribution in [1.82, 2.24) is 19.7 Å². The van der Waals surface area contributed by atoms with Gasteiger partial charge in [-0.05, 0) is 31.2 Å². The van der Waals surface area contributed by atoms with E-state index in [0.717, 1.165) is 17.6 Å². The highest BCUT2D eigenvalue weighted by molar-refractivity contribution is 5.81. The summed E-state index contributed by atoms with van der Waals surface area (Å²) in [5.74, 6) is 0.675. The van der Waals surface area contributed by atoms with Crippen LogP contribution in [-0.2, 0) is 6.54 Å². The lowest BCUT2D eigenvalue weighted by Gasteiger charge is -2.04. The second kappa shape index (κ2) is 4.63. The molecule has 0 bridgehead atoms. The molecule has 0 radical (unpaired) electrons. The van der Waals surface area contributed by atoms with E-state index >= 15 is 0 Å². The van der Waals surface area contributed by atoms with Crippen LogP contribution in [0.2, 0.25) is 0 Å². The Labute approximate surface area is 114 Å². The number of hydrogen-bond donors (Lipinski definition) is 1. The van der Waals surface area contributed by atoms with E-state index < -0.39 is 0 Å². The Morgan fingerprint density at radius 3 is 2.85 bits per heavy atom. The molecule has 0 aliphatic heterocycles. The Morgan fingerprint density at radius 1 is 1.35 bits per heavy atom. The monoisotopic (exact) mass is 265 g/mol. The van der Waals surface area contributed by atoms with E-state index in [1.165, 1.54) is 6.07 Å². The van der Waals surface area contributed by atoms with Crippen LogP contribution >= 0.6 is 0 Å². The first kappa shape index (κ1) is 12.1. The maximum Gasteiger partial charge on any atom is 0.264 e. The molecule has 0 saturated carbocycles. The van der Waals surface area contributed by atoms with Crippen molar-refractivity contribution in [3.63, 3.8) is 0 Å². The van der Waals surface area contributed by atoms with Crippen molar-refractivity contribution in [2.24, 2.45) is 0 Å². The molecule has 3 aromatic rings. The molecule has 6 heteroatoms. The van der Waals surface area contributed by atoms with Crippen molar-refractivity contribution in [2.75, 3.05) is 0 Å². The average Bonchev–Trinajstić information content (AvgIpc) is 2.85. The number of nitriles is 1. The minimum absolute atomic E-state index is 0.250. The predicted molar refractivity (Wildman–Crippen MR) is 74.0 cm³/mol. The van der Waals surface area contributed by atoms with Crippen LogP contribution in [0.5, 0.6) is 0 Å². The summed E-state index contributed by atoms with van der Waals surface area (Å²) < 4.78 is 2.00. The molecule has 0 aliphatic rings. The summed E-state index contributed by atoms with van der Waals surface area (Å²) in [5, 5.41) is 15.4. The van der Waals surface area contributed by atoms with Crippen LogP contribution in [0.25, 0.3) is 22.6 Å². The zero-order chi connectivity index (χ0) is 14.1. The number of benzene rings is 1. The van der Waals surface area contributed by atoms with Crippen LogP contribution in [0, 0.1) is 11.3 Å². The van der Waals surface area contributed by atoms with E-state index in [4.69, 9.17) is 5.26 Å². The number of nitrogens with one attached hydrogen (secondary N) is 1. The number of imidazole rings is 1. The van der Waals surface area contributed by atoms with Gasteiger partial charge in [0.05, 0.1) is 22.7 Å². The van der Waals surface area contributed by atoms with Gasteiger partial charge in [-0.25, -0.2) is 10.1 Å². The zero-order valence-electron chi connectivity index (χ0n) is 10.8. The van der Waals surface area contributed by atoms with E-state index in [9.17, 15) is 4.79 Å². The predicted octanol–water partition coefficient (Wildman–Crippen LogP) is 1.68. The largest absolute Gasteiger partial charge is 0.323 e. The molecule has 2 aromatic heterocycles. The van der Waals surface area contributed by atoms with Crippen molar-refractivity contribution in [3.05, 3.63) is 46.2 Å². The van der Waals surface area contributed by atoms with Crippen LogP contribution < -0.4 is 5.56 Å². The number of nitrogens with zero attached hydrogens (tertiary/aromatic N) is 4. The summed E-state index contributed by atoms with van der Waals surface area (Å²) in [5.41, 5.74) is 2.60. The summed E-state index contributed by atoms with van der Waals surface area (Å²) in [6, 6.07) is 10.5. The molecule has 0 spiro atoms. The van der Waals surface area contributed by atoms with E-state index in [-0.39, 0.29) is 5.56 Å². The number of aromatic nitrogens is 4. The molecule has 2 heterocycles. The summed E-state index contributed by atoms with van der Waals surface area (Å²) in [6.07, 6.45) is 0. The molecule has 0 aliphatic carbocycles. The fourth-order valence-corrected chi connectivity index (χ4v) is 2.18. The SMILES string of the molecule is CCn1c(-c2ccc(=O)[nH]n2)nc2cc(C#N)ccc21. The topological polar surface area (TPSA) is 87.4 Å². The van der Waals surface area contributed by atoms with Crippen molar-refractivity contribution in [3.8, 4) is 17.6 Å². The highest BCUT2D eigenvalue weighted by Gasteiger charge is 2.13. The number of rotatable bonds is 2. The van der Waals surface area contributed by atoms with Crippen LogP contribution in [-0.4, -0.2) is 19.7 Å². The first-order chi connectivity index (χ1) is 9.72. The molecule has 20 heavy (non-hydrogen) atoms. The van der Waals surface area contributed by atoms with Crippen LogP contribution in [0.3, 0.4) is 0 Å². The Bertz CT molecular complexity index is 864. The summed E-state index contributed by atoms with van der Waals surface area (Å²) in [4.78, 5) is 15.6. The minimum Gasteiger partial charge on any atom is -0.323 e. The molecule has 1 aromatic carbocycles. The van der Waals surface area contributed by atoms with E-state index in [1.54, 1.807) is 18.2 Å². The van der Waals surface area contributed by atoms with Crippen molar-refractivity contribution >= 4 is 11.0 Å². The molecule has 1 N–H and O–H groups in total. The smallest absolute Gasteiger partial charge is 0.264 e. The van der Waals surface area contributed by atoms with Gasteiger partial charge in [0.2, 0.25) is 0 Å². The van der Waals surface area contributed by atoms with Crippen LogP contribution in [0.15, 0.2) is 35.1 Å². The highest BCUT2D eigenvalue weighted by atomic mass is 16.1. The summed E-state index contributed by atoms with van der Waals surface area (Å²) in [7, 11) is 0. The first-order valence-electron chi connectivity index (χ1n) is 6.19. The van der Waals surface area contributed by atoms with Crippen LogP contribution in [0.1, 0.15) is 12.5 Å². The molecule has 0 amide bonds. The lowest BCUT2D eigenvalue weighted by Crippen LogP contribution is -2.07. The lowest BCUT2D eigenvalue weighted by atomic mass is 10.2. The lowest BCUT2D eigenvalue weighted by molar-refractivity contribution is 0.789. The zero-order valence-corrected chi connectivity index (χ0v) is 10.8. The Balaban J connectivity index is 2.27. The van der Waals surface area contributed by atoms with E-state index in [2.05, 4.69) is 21.3 Å². The van der Waals surface area contributed by atoms with E-state index in [1.807, 2.05) is 17.6 Å². The van der Waals surface area contributed by atoms with Crippen molar-refractivity contribution in [2.45, 2.75) is 13.5 Å². The van der Waals surface area contributed by atoms with Gasteiger partial charge in [0.25, 0.3) is 5.56 Å². The third-order valence-corrected chi connectivity index (χ3v) is 3.10. The Hall–Kier alpha value is -2.94. The molecule has 3 rings (SSSR count). The van der Waals surface area contributed by atoms with Crippen LogP contribution in [0.4, 0.5) is 0 Å². The molecule has 6 nitrogen and oxygen atoms in total. The second-order valence-corrected chi connectivity index (χ2v) is 4.30. The average molecular weight is 265 g/mol. The van der Waals surface area contributed by atoms with Crippen molar-refractivity contribution < 1.29 is 0 Å². The third-order valence-electron chi connectivity index (χ3n) is 3.10. The maximum atomic E-state index is 11.1. The third kappa shape index (κ3) is 1.86. The normalized spacial score (nSPS) is 10.6. The number of aromatic amines is 1. The van der Waals surface area contributed by atoms with Gasteiger partial charge in [0.15, 0.2) is 5.82 Å². The molecule has 0 fully saturated rings. The maximum absolute atomic E-state index is 11.1. The fraction of sp³-hybridized carbons (Fsp3) is 0.143. The number of hydrogen-bond acceptors (Lipinski definition) is 4. The quantitative estimate of drug-likeness (QED) is 0.763. The summed E-state index contributed by atoms with van der Waals surface area (Å²) >= 11 is 0. The van der Waals surface area contributed by atoms with Gasteiger partial charge in [-0.1, -0.05) is 0 Å². The van der Waals surface area contributed by atoms with Gasteiger partial charge in [0, 0.05) is 12.6 Å². The van der Waals surface area contributed by atoms with Gasteiger partial charge >= 0.3 is 0 Å².